The summed E-state index contributed by atoms with van der Waals surface area (Å²) >= 11 is 0. The first kappa shape index (κ1) is 11.0. The van der Waals surface area contributed by atoms with Crippen molar-refractivity contribution in [2.75, 3.05) is 5.73 Å². The van der Waals surface area contributed by atoms with E-state index >= 15 is 0 Å². The number of hydrogen-bond donors (Lipinski definition) is 1. The van der Waals surface area contributed by atoms with Crippen molar-refractivity contribution in [2.45, 2.75) is 6.42 Å². The molecule has 0 unspecified atom stereocenters. The van der Waals surface area contributed by atoms with Gasteiger partial charge in [0, 0.05) is 6.07 Å². The predicted molar refractivity (Wildman–Crippen MR) is 64.5 cm³/mol. The number of benzene rings is 1. The van der Waals surface area contributed by atoms with E-state index in [-0.39, 0.29) is 0 Å². The first-order chi connectivity index (χ1) is 8.28. The van der Waals surface area contributed by atoms with Crippen LogP contribution in [0.2, 0.25) is 0 Å². The molecule has 0 amide bonds. The normalized spacial score (nSPS) is 9.59. The van der Waals surface area contributed by atoms with Gasteiger partial charge in [-0.2, -0.15) is 5.26 Å². The van der Waals surface area contributed by atoms with Crippen LogP contribution in [0.3, 0.4) is 0 Å². The Morgan fingerprint density at radius 1 is 1.18 bits per heavy atom. The smallest absolute Gasteiger partial charge is 0.147 e. The number of ether oxygens (including phenoxy) is 1. The number of nitrogens with zero attached hydrogens (tertiary/aromatic N) is 2. The lowest BCUT2D eigenvalue weighted by molar-refractivity contribution is 0.480. The van der Waals surface area contributed by atoms with Gasteiger partial charge in [-0.25, -0.2) is 0 Å². The van der Waals surface area contributed by atoms with Crippen LogP contribution in [-0.4, -0.2) is 4.98 Å². The Morgan fingerprint density at radius 3 is 2.59 bits per heavy atom. The third-order valence-corrected chi connectivity index (χ3v) is 2.18. The van der Waals surface area contributed by atoms with E-state index in [1.165, 1.54) is 0 Å². The monoisotopic (exact) mass is 225 g/mol. The third-order valence-electron chi connectivity index (χ3n) is 2.18. The van der Waals surface area contributed by atoms with Gasteiger partial charge in [0.1, 0.15) is 11.5 Å². The molecule has 1 heterocycles. The minimum atomic E-state index is 0.403. The van der Waals surface area contributed by atoms with Crippen molar-refractivity contribution >= 4 is 5.69 Å². The van der Waals surface area contributed by atoms with Crippen LogP contribution >= 0.6 is 0 Å². The molecule has 2 rings (SSSR count). The number of anilines is 1. The lowest BCUT2D eigenvalue weighted by Gasteiger charge is -2.05. The summed E-state index contributed by atoms with van der Waals surface area (Å²) in [5, 5.41) is 8.55. The number of hydrogen-bond acceptors (Lipinski definition) is 4. The molecule has 0 aliphatic rings. The fraction of sp³-hybridized carbons (Fsp3) is 0.0769. The molecule has 0 saturated carbocycles. The Kier molecular flexibility index (Phi) is 3.22. The maximum Gasteiger partial charge on any atom is 0.147 e. The van der Waals surface area contributed by atoms with Gasteiger partial charge < -0.3 is 10.5 Å². The molecule has 0 radical (unpaired) electrons. The number of pyridine rings is 1. The summed E-state index contributed by atoms with van der Waals surface area (Å²) in [5.74, 6) is 1.29. The summed E-state index contributed by atoms with van der Waals surface area (Å²) < 4.78 is 5.57. The van der Waals surface area contributed by atoms with Gasteiger partial charge >= 0.3 is 0 Å². The van der Waals surface area contributed by atoms with E-state index in [1.54, 1.807) is 18.5 Å². The van der Waals surface area contributed by atoms with Gasteiger partial charge in [-0.15, -0.1) is 0 Å². The van der Waals surface area contributed by atoms with E-state index in [4.69, 9.17) is 15.7 Å². The molecule has 0 fully saturated rings. The van der Waals surface area contributed by atoms with Crippen LogP contribution in [-0.2, 0) is 6.42 Å². The number of nitriles is 1. The van der Waals surface area contributed by atoms with E-state index in [0.717, 1.165) is 5.56 Å². The van der Waals surface area contributed by atoms with Crippen molar-refractivity contribution < 1.29 is 4.74 Å². The van der Waals surface area contributed by atoms with E-state index in [0.29, 0.717) is 23.6 Å². The van der Waals surface area contributed by atoms with E-state index in [2.05, 4.69) is 11.1 Å². The molecular formula is C13H11N3O. The van der Waals surface area contributed by atoms with Gasteiger partial charge in [-0.1, -0.05) is 12.1 Å². The summed E-state index contributed by atoms with van der Waals surface area (Å²) in [7, 11) is 0. The zero-order valence-corrected chi connectivity index (χ0v) is 9.13. The highest BCUT2D eigenvalue weighted by atomic mass is 16.5. The summed E-state index contributed by atoms with van der Waals surface area (Å²) in [4.78, 5) is 3.93. The van der Waals surface area contributed by atoms with Gasteiger partial charge in [0.25, 0.3) is 0 Å². The minimum Gasteiger partial charge on any atom is -0.456 e. The molecule has 1 aromatic carbocycles. The van der Waals surface area contributed by atoms with Crippen LogP contribution < -0.4 is 10.5 Å². The average Bonchev–Trinajstić information content (AvgIpc) is 2.32. The van der Waals surface area contributed by atoms with Gasteiger partial charge in [0.05, 0.1) is 30.6 Å². The maximum atomic E-state index is 8.55. The second-order valence-corrected chi connectivity index (χ2v) is 3.53. The quantitative estimate of drug-likeness (QED) is 0.871. The van der Waals surface area contributed by atoms with E-state index < -0.39 is 0 Å². The molecule has 2 N–H and O–H groups in total. The summed E-state index contributed by atoms with van der Waals surface area (Å²) in [5.41, 5.74) is 7.12. The predicted octanol–water partition coefficient (Wildman–Crippen LogP) is 2.52. The SMILES string of the molecule is N#CCc1ccc(Oc2cncc(N)c2)cc1. The molecular weight excluding hydrogens is 214 g/mol. The van der Waals surface area contributed by atoms with Crippen molar-refractivity contribution in [3.63, 3.8) is 0 Å². The molecule has 0 aliphatic heterocycles. The summed E-state index contributed by atoms with van der Waals surface area (Å²) in [6.07, 6.45) is 3.56. The number of nitrogens with two attached hydrogens (primary N) is 1. The van der Waals surface area contributed by atoms with Gasteiger partial charge in [0.2, 0.25) is 0 Å². The first-order valence-electron chi connectivity index (χ1n) is 5.12. The highest BCUT2D eigenvalue weighted by Gasteiger charge is 1.98. The number of rotatable bonds is 3. The van der Waals surface area contributed by atoms with Crippen molar-refractivity contribution in [3.8, 4) is 17.6 Å². The topological polar surface area (TPSA) is 71.9 Å². The maximum absolute atomic E-state index is 8.55. The average molecular weight is 225 g/mol. The standard InChI is InChI=1S/C13H11N3O/c14-6-5-10-1-3-12(4-2-10)17-13-7-11(15)8-16-9-13/h1-4,7-9H,5,15H2. The molecule has 0 saturated heterocycles. The van der Waals surface area contributed by atoms with Gasteiger partial charge in [-0.3, -0.25) is 4.98 Å². The zero-order valence-electron chi connectivity index (χ0n) is 9.13. The molecule has 2 aromatic rings. The second-order valence-electron chi connectivity index (χ2n) is 3.53. The Morgan fingerprint density at radius 2 is 1.94 bits per heavy atom. The second kappa shape index (κ2) is 4.99. The van der Waals surface area contributed by atoms with Crippen LogP contribution in [0, 0.1) is 11.3 Å². The first-order valence-corrected chi connectivity index (χ1v) is 5.12. The van der Waals surface area contributed by atoms with Crippen LogP contribution in [0.25, 0.3) is 0 Å². The number of aromatic nitrogens is 1. The third kappa shape index (κ3) is 2.95. The fourth-order valence-corrected chi connectivity index (χ4v) is 1.39. The van der Waals surface area contributed by atoms with E-state index in [9.17, 15) is 0 Å². The zero-order chi connectivity index (χ0) is 12.1. The summed E-state index contributed by atoms with van der Waals surface area (Å²) in [6, 6.07) is 11.1. The van der Waals surface area contributed by atoms with Gasteiger partial charge in [-0.05, 0) is 17.7 Å². The van der Waals surface area contributed by atoms with Crippen molar-refractivity contribution in [1.29, 1.82) is 5.26 Å². The van der Waals surface area contributed by atoms with Crippen LogP contribution in [0.1, 0.15) is 5.56 Å². The minimum absolute atomic E-state index is 0.403. The van der Waals surface area contributed by atoms with Crippen LogP contribution in [0.4, 0.5) is 5.69 Å². The highest BCUT2D eigenvalue weighted by molar-refractivity contribution is 5.42. The Bertz CT molecular complexity index is 543. The fourth-order valence-electron chi connectivity index (χ4n) is 1.39. The molecule has 4 nitrogen and oxygen atoms in total. The molecule has 1 aromatic heterocycles. The lowest BCUT2D eigenvalue weighted by atomic mass is 10.2. The van der Waals surface area contributed by atoms with Crippen LogP contribution in [0.5, 0.6) is 11.5 Å². The summed E-state index contributed by atoms with van der Waals surface area (Å²) in [6.45, 7) is 0. The number of nitrogen functional groups attached to an aromatic ring is 1. The van der Waals surface area contributed by atoms with E-state index in [1.807, 2.05) is 24.3 Å². The molecule has 0 spiro atoms. The van der Waals surface area contributed by atoms with Crippen LogP contribution in [0.15, 0.2) is 42.7 Å². The Hall–Kier alpha value is -2.54. The van der Waals surface area contributed by atoms with Gasteiger partial charge in [0.15, 0.2) is 0 Å². The van der Waals surface area contributed by atoms with Crippen molar-refractivity contribution in [1.82, 2.24) is 4.98 Å². The molecule has 84 valence electrons. The van der Waals surface area contributed by atoms with Crippen molar-refractivity contribution in [2.24, 2.45) is 0 Å². The molecule has 4 heteroatoms. The molecule has 17 heavy (non-hydrogen) atoms. The lowest BCUT2D eigenvalue weighted by Crippen LogP contribution is -1.90. The largest absolute Gasteiger partial charge is 0.456 e. The highest BCUT2D eigenvalue weighted by Crippen LogP contribution is 2.22. The molecule has 0 aliphatic carbocycles. The Balaban J connectivity index is 2.11. The van der Waals surface area contributed by atoms with Crippen molar-refractivity contribution in [3.05, 3.63) is 48.3 Å². The Labute approximate surface area is 99.3 Å². The molecule has 0 atom stereocenters. The molecule has 0 bridgehead atoms.